The van der Waals surface area contributed by atoms with Gasteiger partial charge in [0.1, 0.15) is 0 Å². The minimum atomic E-state index is 0. The highest BCUT2D eigenvalue weighted by Gasteiger charge is 2.08. The summed E-state index contributed by atoms with van der Waals surface area (Å²) in [5.74, 6) is 0.827. The summed E-state index contributed by atoms with van der Waals surface area (Å²) in [5.41, 5.74) is 5.11. The summed E-state index contributed by atoms with van der Waals surface area (Å²) >= 11 is 0. The summed E-state index contributed by atoms with van der Waals surface area (Å²) in [6.45, 7) is 5.14. The van der Waals surface area contributed by atoms with Gasteiger partial charge in [-0.3, -0.25) is 4.99 Å². The molecule has 0 aliphatic rings. The van der Waals surface area contributed by atoms with Crippen molar-refractivity contribution in [1.29, 1.82) is 0 Å². The summed E-state index contributed by atoms with van der Waals surface area (Å²) < 4.78 is 0. The zero-order valence-electron chi connectivity index (χ0n) is 15.5. The molecule has 0 saturated heterocycles. The molecule has 0 radical (unpaired) electrons. The lowest BCUT2D eigenvalue weighted by molar-refractivity contribution is 0.684. The molecule has 1 unspecified atom stereocenters. The molecule has 0 fully saturated rings. The van der Waals surface area contributed by atoms with Crippen LogP contribution in [0.25, 0.3) is 10.9 Å². The van der Waals surface area contributed by atoms with Crippen molar-refractivity contribution in [2.45, 2.75) is 26.3 Å². The number of aromatic nitrogens is 1. The fourth-order valence-electron chi connectivity index (χ4n) is 3.19. The molecule has 3 aromatic rings. The third kappa shape index (κ3) is 4.78. The first-order chi connectivity index (χ1) is 12.2. The number of nitrogens with one attached hydrogen (secondary N) is 3. The third-order valence-corrected chi connectivity index (χ3v) is 4.56. The number of H-pyrrole nitrogens is 1. The first-order valence-electron chi connectivity index (χ1n) is 8.76. The Morgan fingerprint density at radius 2 is 1.88 bits per heavy atom. The summed E-state index contributed by atoms with van der Waals surface area (Å²) in [5, 5.41) is 8.20. The van der Waals surface area contributed by atoms with Crippen LogP contribution in [-0.2, 0) is 6.42 Å². The Kier molecular flexibility index (Phi) is 7.50. The average Bonchev–Trinajstić information content (AvgIpc) is 3.06. The molecule has 0 bridgehead atoms. The Morgan fingerprint density at radius 3 is 2.62 bits per heavy atom. The predicted molar refractivity (Wildman–Crippen MR) is 122 cm³/mol. The van der Waals surface area contributed by atoms with Crippen LogP contribution >= 0.6 is 24.0 Å². The maximum absolute atomic E-state index is 4.34. The molecule has 0 amide bonds. The Hall–Kier alpha value is -2.02. The predicted octanol–water partition coefficient (Wildman–Crippen LogP) is 4.56. The number of halogens is 1. The minimum Gasteiger partial charge on any atom is -0.361 e. The lowest BCUT2D eigenvalue weighted by Crippen LogP contribution is -2.39. The van der Waals surface area contributed by atoms with Crippen molar-refractivity contribution in [1.82, 2.24) is 15.6 Å². The molecule has 3 rings (SSSR count). The molecule has 0 spiro atoms. The van der Waals surface area contributed by atoms with Crippen molar-refractivity contribution >= 4 is 40.8 Å². The standard InChI is InChI=1S/C21H26N4.HI/c1-15-8-7-11-19-20(15)18(14-24-19)12-13-23-21(22-3)25-16(2)17-9-5-4-6-10-17;/h4-11,14,16,24H,12-13H2,1-3H3,(H2,22,23,25);1H. The smallest absolute Gasteiger partial charge is 0.191 e. The van der Waals surface area contributed by atoms with Crippen LogP contribution in [0.15, 0.2) is 59.7 Å². The fraction of sp³-hybridized carbons (Fsp3) is 0.286. The molecule has 2 aromatic carbocycles. The number of aliphatic imine (C=N–C) groups is 1. The molecule has 0 saturated carbocycles. The lowest BCUT2D eigenvalue weighted by Gasteiger charge is -2.18. The topological polar surface area (TPSA) is 52.2 Å². The van der Waals surface area contributed by atoms with E-state index >= 15 is 0 Å². The summed E-state index contributed by atoms with van der Waals surface area (Å²) in [6.07, 6.45) is 3.06. The molecule has 3 N–H and O–H groups in total. The molecule has 1 atom stereocenters. The van der Waals surface area contributed by atoms with Crippen LogP contribution in [0.2, 0.25) is 0 Å². The van der Waals surface area contributed by atoms with Crippen molar-refractivity contribution in [2.24, 2.45) is 4.99 Å². The van der Waals surface area contributed by atoms with E-state index in [1.54, 1.807) is 0 Å². The Balaban J connectivity index is 0.00000243. The van der Waals surface area contributed by atoms with E-state index in [1.807, 2.05) is 13.1 Å². The number of guanidine groups is 1. The van der Waals surface area contributed by atoms with E-state index in [9.17, 15) is 0 Å². The normalized spacial score (nSPS) is 12.5. The van der Waals surface area contributed by atoms with E-state index in [1.165, 1.54) is 27.6 Å². The van der Waals surface area contributed by atoms with Gasteiger partial charge in [0, 0.05) is 30.7 Å². The van der Waals surface area contributed by atoms with Gasteiger partial charge in [-0.25, -0.2) is 0 Å². The average molecular weight is 462 g/mol. The minimum absolute atomic E-state index is 0. The third-order valence-electron chi connectivity index (χ3n) is 4.56. The first-order valence-corrected chi connectivity index (χ1v) is 8.76. The highest BCUT2D eigenvalue weighted by molar-refractivity contribution is 14.0. The van der Waals surface area contributed by atoms with Gasteiger partial charge in [0.15, 0.2) is 5.96 Å². The Bertz CT molecular complexity index is 855. The van der Waals surface area contributed by atoms with E-state index in [0.717, 1.165) is 18.9 Å². The second-order valence-electron chi connectivity index (χ2n) is 6.34. The van der Waals surface area contributed by atoms with Gasteiger partial charge >= 0.3 is 0 Å². The second kappa shape index (κ2) is 9.62. The zero-order chi connectivity index (χ0) is 17.6. The first kappa shape index (κ1) is 20.3. The van der Waals surface area contributed by atoms with Crippen LogP contribution in [0.1, 0.15) is 29.7 Å². The quantitative estimate of drug-likeness (QED) is 0.296. The maximum Gasteiger partial charge on any atom is 0.191 e. The fourth-order valence-corrected chi connectivity index (χ4v) is 3.19. The van der Waals surface area contributed by atoms with Crippen LogP contribution < -0.4 is 10.6 Å². The van der Waals surface area contributed by atoms with Crippen molar-refractivity contribution in [3.8, 4) is 0 Å². The number of rotatable bonds is 5. The van der Waals surface area contributed by atoms with Gasteiger partial charge in [0.2, 0.25) is 0 Å². The molecule has 1 heterocycles. The van der Waals surface area contributed by atoms with E-state index in [0.29, 0.717) is 0 Å². The highest BCUT2D eigenvalue weighted by Crippen LogP contribution is 2.22. The monoisotopic (exact) mass is 462 g/mol. The van der Waals surface area contributed by atoms with Crippen LogP contribution in [0.4, 0.5) is 0 Å². The van der Waals surface area contributed by atoms with Crippen molar-refractivity contribution in [3.05, 3.63) is 71.4 Å². The highest BCUT2D eigenvalue weighted by atomic mass is 127. The molecular formula is C21H27IN4. The molecule has 1 aromatic heterocycles. The summed E-state index contributed by atoms with van der Waals surface area (Å²) in [7, 11) is 1.81. The molecular weight excluding hydrogens is 435 g/mol. The van der Waals surface area contributed by atoms with E-state index < -0.39 is 0 Å². The number of nitrogens with zero attached hydrogens (tertiary/aromatic N) is 1. The molecule has 138 valence electrons. The molecule has 0 aliphatic carbocycles. The molecule has 0 aliphatic heterocycles. The number of hydrogen-bond donors (Lipinski definition) is 3. The van der Waals surface area contributed by atoms with Crippen molar-refractivity contribution in [2.75, 3.05) is 13.6 Å². The molecule has 26 heavy (non-hydrogen) atoms. The van der Waals surface area contributed by atoms with Gasteiger partial charge in [0.25, 0.3) is 0 Å². The van der Waals surface area contributed by atoms with Crippen LogP contribution in [0, 0.1) is 6.92 Å². The second-order valence-corrected chi connectivity index (χ2v) is 6.34. The Labute approximate surface area is 172 Å². The summed E-state index contributed by atoms with van der Waals surface area (Å²) in [6, 6.07) is 17.0. The number of aromatic amines is 1. The van der Waals surface area contributed by atoms with Gasteiger partial charge in [-0.05, 0) is 43.0 Å². The van der Waals surface area contributed by atoms with Gasteiger partial charge in [-0.1, -0.05) is 42.5 Å². The molecule has 4 nitrogen and oxygen atoms in total. The SMILES string of the molecule is CN=C(NCCc1c[nH]c2cccc(C)c12)NC(C)c1ccccc1.I. The van der Waals surface area contributed by atoms with Gasteiger partial charge < -0.3 is 15.6 Å². The van der Waals surface area contributed by atoms with Gasteiger partial charge in [0.05, 0.1) is 6.04 Å². The van der Waals surface area contributed by atoms with E-state index in [4.69, 9.17) is 0 Å². The van der Waals surface area contributed by atoms with Crippen LogP contribution in [0.3, 0.4) is 0 Å². The van der Waals surface area contributed by atoms with E-state index in [-0.39, 0.29) is 30.0 Å². The van der Waals surface area contributed by atoms with Crippen molar-refractivity contribution < 1.29 is 0 Å². The van der Waals surface area contributed by atoms with Crippen LogP contribution in [-0.4, -0.2) is 24.5 Å². The van der Waals surface area contributed by atoms with Gasteiger partial charge in [-0.15, -0.1) is 24.0 Å². The number of benzene rings is 2. The summed E-state index contributed by atoms with van der Waals surface area (Å²) in [4.78, 5) is 7.70. The maximum atomic E-state index is 4.34. The lowest BCUT2D eigenvalue weighted by atomic mass is 10.1. The number of fused-ring (bicyclic) bond motifs is 1. The number of hydrogen-bond acceptors (Lipinski definition) is 1. The van der Waals surface area contributed by atoms with E-state index in [2.05, 4.69) is 83.1 Å². The van der Waals surface area contributed by atoms with Crippen LogP contribution in [0.5, 0.6) is 0 Å². The van der Waals surface area contributed by atoms with Gasteiger partial charge in [-0.2, -0.15) is 0 Å². The van der Waals surface area contributed by atoms with Crippen molar-refractivity contribution in [3.63, 3.8) is 0 Å². The Morgan fingerprint density at radius 1 is 1.12 bits per heavy atom. The number of aryl methyl sites for hydroxylation is 1. The molecule has 5 heteroatoms. The zero-order valence-corrected chi connectivity index (χ0v) is 17.9. The largest absolute Gasteiger partial charge is 0.361 e.